The quantitative estimate of drug-likeness (QED) is 0.510. The molecule has 3 aromatic rings. The second-order valence-electron chi connectivity index (χ2n) is 8.33. The average molecular weight is 451 g/mol. The van der Waals surface area contributed by atoms with Gasteiger partial charge in [0.1, 0.15) is 11.4 Å². The third-order valence-electron chi connectivity index (χ3n) is 6.33. The number of aromatic carboxylic acids is 1. The number of aliphatic imine (C=N–C) groups is 1. The van der Waals surface area contributed by atoms with Gasteiger partial charge in [-0.1, -0.05) is 61.0 Å². The number of benzene rings is 2. The normalized spacial score (nSPS) is 17.3. The highest BCUT2D eigenvalue weighted by atomic mass is 19.1. The van der Waals surface area contributed by atoms with Crippen molar-refractivity contribution >= 4 is 12.7 Å². The molecule has 1 fully saturated rings. The van der Waals surface area contributed by atoms with Crippen molar-refractivity contribution in [2.24, 2.45) is 10.7 Å². The van der Waals surface area contributed by atoms with Crippen LogP contribution in [0.3, 0.4) is 0 Å². The standard InChI is InChI=1S/C25H27FN4O3/c1-16(18-11-12-19(20(26)15-18)17-9-5-3-6-10-17)22-21(24(31)32)23(29-33-22)25(27,28-2)30-13-7-4-8-14-30/h3,5-6,9-12,15-16H,2,4,7-8,13-14,27H2,1H3,(H,31,32). The molecule has 0 saturated carbocycles. The summed E-state index contributed by atoms with van der Waals surface area (Å²) in [5, 5.41) is 14.1. The van der Waals surface area contributed by atoms with Gasteiger partial charge in [-0.3, -0.25) is 15.6 Å². The van der Waals surface area contributed by atoms with Crippen LogP contribution in [0.4, 0.5) is 4.39 Å². The number of nitrogens with two attached hydrogens (primary N) is 1. The van der Waals surface area contributed by atoms with E-state index in [1.165, 1.54) is 6.07 Å². The fourth-order valence-corrected chi connectivity index (χ4v) is 4.42. The maximum Gasteiger partial charge on any atom is 0.341 e. The van der Waals surface area contributed by atoms with E-state index in [2.05, 4.69) is 16.9 Å². The smallest absolute Gasteiger partial charge is 0.341 e. The van der Waals surface area contributed by atoms with Crippen molar-refractivity contribution in [3.8, 4) is 11.1 Å². The molecule has 172 valence electrons. The second kappa shape index (κ2) is 9.25. The fraction of sp³-hybridized carbons (Fsp3) is 0.320. The van der Waals surface area contributed by atoms with Gasteiger partial charge in [-0.25, -0.2) is 9.18 Å². The Bertz CT molecular complexity index is 1160. The highest BCUT2D eigenvalue weighted by Gasteiger charge is 2.43. The zero-order chi connectivity index (χ0) is 23.6. The molecular weight excluding hydrogens is 423 g/mol. The molecule has 8 heteroatoms. The average Bonchev–Trinajstić information content (AvgIpc) is 3.30. The van der Waals surface area contributed by atoms with Gasteiger partial charge < -0.3 is 9.63 Å². The molecule has 1 aliphatic rings. The van der Waals surface area contributed by atoms with Gasteiger partial charge in [-0.15, -0.1) is 0 Å². The van der Waals surface area contributed by atoms with Crippen LogP contribution in [0.15, 0.2) is 58.0 Å². The monoisotopic (exact) mass is 450 g/mol. The lowest BCUT2D eigenvalue weighted by Crippen LogP contribution is -2.54. The summed E-state index contributed by atoms with van der Waals surface area (Å²) in [6, 6.07) is 14.0. The molecule has 0 amide bonds. The van der Waals surface area contributed by atoms with E-state index in [1.807, 2.05) is 35.2 Å². The molecule has 2 aromatic carbocycles. The molecule has 0 bridgehead atoms. The van der Waals surface area contributed by atoms with Crippen LogP contribution in [-0.2, 0) is 5.79 Å². The lowest BCUT2D eigenvalue weighted by atomic mass is 9.92. The third-order valence-corrected chi connectivity index (χ3v) is 6.33. The van der Waals surface area contributed by atoms with Crippen molar-refractivity contribution in [3.05, 3.63) is 76.9 Å². The number of carboxylic acids is 1. The molecule has 3 N–H and O–H groups in total. The van der Waals surface area contributed by atoms with Gasteiger partial charge in [0.25, 0.3) is 0 Å². The Morgan fingerprint density at radius 3 is 2.55 bits per heavy atom. The highest BCUT2D eigenvalue weighted by Crippen LogP contribution is 2.36. The van der Waals surface area contributed by atoms with Crippen LogP contribution in [0.5, 0.6) is 0 Å². The first-order valence-corrected chi connectivity index (χ1v) is 11.0. The van der Waals surface area contributed by atoms with Crippen LogP contribution in [0.1, 0.15) is 59.5 Å². The largest absolute Gasteiger partial charge is 0.477 e. The van der Waals surface area contributed by atoms with Gasteiger partial charge in [0.15, 0.2) is 11.5 Å². The zero-order valence-corrected chi connectivity index (χ0v) is 18.5. The number of halogens is 1. The van der Waals surface area contributed by atoms with E-state index in [4.69, 9.17) is 10.3 Å². The Hall–Kier alpha value is -3.36. The second-order valence-corrected chi connectivity index (χ2v) is 8.33. The number of likely N-dealkylation sites (tertiary alicyclic amines) is 1. The van der Waals surface area contributed by atoms with Crippen LogP contribution < -0.4 is 5.73 Å². The molecule has 0 radical (unpaired) electrons. The Morgan fingerprint density at radius 1 is 1.24 bits per heavy atom. The summed E-state index contributed by atoms with van der Waals surface area (Å²) >= 11 is 0. The van der Waals surface area contributed by atoms with Gasteiger partial charge in [-0.2, -0.15) is 0 Å². The Kier molecular flexibility index (Phi) is 6.40. The third kappa shape index (κ3) is 4.19. The van der Waals surface area contributed by atoms with E-state index < -0.39 is 23.5 Å². The van der Waals surface area contributed by atoms with Crippen LogP contribution >= 0.6 is 0 Å². The summed E-state index contributed by atoms with van der Waals surface area (Å²) in [4.78, 5) is 18.2. The molecule has 0 spiro atoms. The van der Waals surface area contributed by atoms with Crippen molar-refractivity contribution in [3.63, 3.8) is 0 Å². The maximum absolute atomic E-state index is 15.0. The van der Waals surface area contributed by atoms with Gasteiger partial charge in [0.05, 0.1) is 0 Å². The predicted molar refractivity (Wildman–Crippen MR) is 124 cm³/mol. The lowest BCUT2D eigenvalue weighted by molar-refractivity contribution is 0.0618. The minimum atomic E-state index is -1.52. The van der Waals surface area contributed by atoms with E-state index >= 15 is 0 Å². The number of carboxylic acid groups (broad SMARTS) is 1. The molecule has 1 aliphatic heterocycles. The maximum atomic E-state index is 15.0. The number of nitrogens with zero attached hydrogens (tertiary/aromatic N) is 3. The number of hydrogen-bond acceptors (Lipinski definition) is 6. The number of hydrogen-bond donors (Lipinski definition) is 2. The molecule has 2 unspecified atom stereocenters. The van der Waals surface area contributed by atoms with E-state index in [9.17, 15) is 14.3 Å². The SMILES string of the molecule is C=NC(N)(c1noc(C(C)c2ccc(-c3ccccc3)c(F)c2)c1C(=O)O)N1CCCCC1. The molecule has 1 aromatic heterocycles. The lowest BCUT2D eigenvalue weighted by Gasteiger charge is -2.38. The summed E-state index contributed by atoms with van der Waals surface area (Å²) in [6.45, 7) is 6.65. The van der Waals surface area contributed by atoms with E-state index in [0.717, 1.165) is 24.8 Å². The number of aromatic nitrogens is 1. The molecule has 33 heavy (non-hydrogen) atoms. The Labute approximate surface area is 191 Å². The first-order valence-electron chi connectivity index (χ1n) is 11.0. The first kappa shape index (κ1) is 22.8. The van der Waals surface area contributed by atoms with Crippen LogP contribution in [0.2, 0.25) is 0 Å². The van der Waals surface area contributed by atoms with Gasteiger partial charge in [0.2, 0.25) is 5.79 Å². The zero-order valence-electron chi connectivity index (χ0n) is 18.5. The number of carbonyl (C=O) groups is 1. The van der Waals surface area contributed by atoms with Crippen molar-refractivity contribution < 1.29 is 18.8 Å². The van der Waals surface area contributed by atoms with E-state index in [-0.39, 0.29) is 17.0 Å². The van der Waals surface area contributed by atoms with Crippen LogP contribution in [-0.4, -0.2) is 40.9 Å². The minimum absolute atomic E-state index is 0.00938. The predicted octanol–water partition coefficient (Wildman–Crippen LogP) is 4.59. The summed E-state index contributed by atoms with van der Waals surface area (Å²) in [6.07, 6.45) is 2.91. The van der Waals surface area contributed by atoms with Crippen molar-refractivity contribution in [2.75, 3.05) is 13.1 Å². The summed E-state index contributed by atoms with van der Waals surface area (Å²) in [7, 11) is 0. The van der Waals surface area contributed by atoms with E-state index in [1.54, 1.807) is 19.1 Å². The first-order chi connectivity index (χ1) is 15.9. The van der Waals surface area contributed by atoms with Crippen molar-refractivity contribution in [1.82, 2.24) is 10.1 Å². The minimum Gasteiger partial charge on any atom is -0.477 e. The highest BCUT2D eigenvalue weighted by molar-refractivity contribution is 5.90. The molecule has 7 nitrogen and oxygen atoms in total. The van der Waals surface area contributed by atoms with Gasteiger partial charge in [-0.05, 0) is 36.8 Å². The number of rotatable bonds is 7. The molecule has 0 aliphatic carbocycles. The molecule has 2 heterocycles. The van der Waals surface area contributed by atoms with E-state index in [0.29, 0.717) is 24.2 Å². The van der Waals surface area contributed by atoms with Crippen molar-refractivity contribution in [1.29, 1.82) is 0 Å². The van der Waals surface area contributed by atoms with Crippen LogP contribution in [0, 0.1) is 5.82 Å². The van der Waals surface area contributed by atoms with Gasteiger partial charge >= 0.3 is 5.97 Å². The molecule has 4 rings (SSSR count). The molecular formula is C25H27FN4O3. The number of piperidine rings is 1. The fourth-order valence-electron chi connectivity index (χ4n) is 4.42. The van der Waals surface area contributed by atoms with Crippen molar-refractivity contribution in [2.45, 2.75) is 37.9 Å². The summed E-state index contributed by atoms with van der Waals surface area (Å²) in [5.41, 5.74) is 8.18. The molecule has 1 saturated heterocycles. The molecule has 2 atom stereocenters. The van der Waals surface area contributed by atoms with Crippen LogP contribution in [0.25, 0.3) is 11.1 Å². The Morgan fingerprint density at radius 2 is 1.94 bits per heavy atom. The topological polar surface area (TPSA) is 105 Å². The summed E-state index contributed by atoms with van der Waals surface area (Å²) in [5.74, 6) is -3.63. The summed E-state index contributed by atoms with van der Waals surface area (Å²) < 4.78 is 20.5. The van der Waals surface area contributed by atoms with Gasteiger partial charge in [0, 0.05) is 24.6 Å². The Balaban J connectivity index is 1.72.